The molecular weight excluding hydrogens is 266 g/mol. The van der Waals surface area contributed by atoms with E-state index >= 15 is 0 Å². The predicted molar refractivity (Wildman–Crippen MR) is 87.0 cm³/mol. The number of likely N-dealkylation sites (N-methyl/N-ethyl adjacent to an activating group) is 1. The van der Waals surface area contributed by atoms with Gasteiger partial charge in [-0.2, -0.15) is 0 Å². The van der Waals surface area contributed by atoms with Crippen molar-refractivity contribution in [2.45, 2.75) is 25.9 Å². The molecule has 108 valence electrons. The number of aromatic nitrogens is 1. The van der Waals surface area contributed by atoms with Gasteiger partial charge in [0, 0.05) is 29.6 Å². The highest BCUT2D eigenvalue weighted by Gasteiger charge is 2.19. The molecule has 1 aromatic carbocycles. The summed E-state index contributed by atoms with van der Waals surface area (Å²) in [6.45, 7) is 6.24. The van der Waals surface area contributed by atoms with Crippen LogP contribution in [-0.4, -0.2) is 36.1 Å². The van der Waals surface area contributed by atoms with Gasteiger partial charge in [0.05, 0.1) is 5.69 Å². The Kier molecular flexibility index (Phi) is 4.91. The van der Waals surface area contributed by atoms with Crippen molar-refractivity contribution in [3.8, 4) is 11.3 Å². The summed E-state index contributed by atoms with van der Waals surface area (Å²) in [4.78, 5) is 6.92. The molecule has 2 rings (SSSR count). The summed E-state index contributed by atoms with van der Waals surface area (Å²) in [5.41, 5.74) is 2.40. The van der Waals surface area contributed by atoms with Crippen LogP contribution in [0.2, 0.25) is 0 Å². The topological polar surface area (TPSA) is 28.2 Å². The van der Waals surface area contributed by atoms with Crippen LogP contribution in [0, 0.1) is 0 Å². The Morgan fingerprint density at radius 3 is 2.55 bits per heavy atom. The van der Waals surface area contributed by atoms with Crippen LogP contribution in [0.25, 0.3) is 11.3 Å². The summed E-state index contributed by atoms with van der Waals surface area (Å²) in [5, 5.41) is 6.76. The molecule has 0 fully saturated rings. The standard InChI is InChI=1S/C16H23N3S/c1-16(2,19(3)4)12-17-10-15-18-14(11-20-15)13-8-6-5-7-9-13/h5-9,11,17H,10,12H2,1-4H3. The van der Waals surface area contributed by atoms with E-state index in [0.29, 0.717) is 0 Å². The van der Waals surface area contributed by atoms with E-state index in [1.54, 1.807) is 11.3 Å². The van der Waals surface area contributed by atoms with Crippen molar-refractivity contribution in [1.82, 2.24) is 15.2 Å². The minimum absolute atomic E-state index is 0.152. The molecule has 4 heteroatoms. The van der Waals surface area contributed by atoms with Crippen LogP contribution in [0.3, 0.4) is 0 Å². The number of hydrogen-bond donors (Lipinski definition) is 1. The first-order valence-corrected chi connectivity index (χ1v) is 7.75. The van der Waals surface area contributed by atoms with E-state index in [1.807, 2.05) is 18.2 Å². The van der Waals surface area contributed by atoms with Crippen LogP contribution >= 0.6 is 11.3 Å². The fraction of sp³-hybridized carbons (Fsp3) is 0.438. The quantitative estimate of drug-likeness (QED) is 0.885. The van der Waals surface area contributed by atoms with Gasteiger partial charge in [-0.15, -0.1) is 11.3 Å². The van der Waals surface area contributed by atoms with Crippen LogP contribution in [-0.2, 0) is 6.54 Å². The third-order valence-corrected chi connectivity index (χ3v) is 4.51. The van der Waals surface area contributed by atoms with Crippen molar-refractivity contribution in [1.29, 1.82) is 0 Å². The molecule has 0 saturated carbocycles. The van der Waals surface area contributed by atoms with Crippen molar-refractivity contribution < 1.29 is 0 Å². The van der Waals surface area contributed by atoms with Crippen LogP contribution in [0.15, 0.2) is 35.7 Å². The number of nitrogens with one attached hydrogen (secondary N) is 1. The molecule has 1 N–H and O–H groups in total. The fourth-order valence-electron chi connectivity index (χ4n) is 1.77. The molecule has 3 nitrogen and oxygen atoms in total. The molecule has 1 aromatic heterocycles. The summed E-state index contributed by atoms with van der Waals surface area (Å²) < 4.78 is 0. The number of nitrogens with zero attached hydrogens (tertiary/aromatic N) is 2. The minimum atomic E-state index is 0.152. The zero-order valence-corrected chi connectivity index (χ0v) is 13.5. The highest BCUT2D eigenvalue weighted by molar-refractivity contribution is 7.09. The summed E-state index contributed by atoms with van der Waals surface area (Å²) in [6.07, 6.45) is 0. The highest BCUT2D eigenvalue weighted by Crippen LogP contribution is 2.21. The normalized spacial score (nSPS) is 12.1. The SMILES string of the molecule is CN(C)C(C)(C)CNCc1nc(-c2ccccc2)cs1. The Morgan fingerprint density at radius 2 is 1.90 bits per heavy atom. The van der Waals surface area contributed by atoms with Gasteiger partial charge in [-0.05, 0) is 27.9 Å². The lowest BCUT2D eigenvalue weighted by Crippen LogP contribution is -2.46. The number of hydrogen-bond acceptors (Lipinski definition) is 4. The predicted octanol–water partition coefficient (Wildman–Crippen LogP) is 3.24. The van der Waals surface area contributed by atoms with Crippen molar-refractivity contribution in [3.05, 3.63) is 40.7 Å². The molecule has 0 unspecified atom stereocenters. The monoisotopic (exact) mass is 289 g/mol. The van der Waals surface area contributed by atoms with Crippen molar-refractivity contribution in [3.63, 3.8) is 0 Å². The smallest absolute Gasteiger partial charge is 0.107 e. The van der Waals surface area contributed by atoms with E-state index in [9.17, 15) is 0 Å². The van der Waals surface area contributed by atoms with Gasteiger partial charge in [0.1, 0.15) is 5.01 Å². The third-order valence-electron chi connectivity index (χ3n) is 3.67. The molecule has 0 radical (unpaired) electrons. The number of rotatable bonds is 6. The van der Waals surface area contributed by atoms with Crippen molar-refractivity contribution >= 4 is 11.3 Å². The Balaban J connectivity index is 1.91. The maximum Gasteiger partial charge on any atom is 0.107 e. The lowest BCUT2D eigenvalue weighted by Gasteiger charge is -2.32. The number of benzene rings is 1. The Morgan fingerprint density at radius 1 is 1.20 bits per heavy atom. The van der Waals surface area contributed by atoms with E-state index < -0.39 is 0 Å². The highest BCUT2D eigenvalue weighted by atomic mass is 32.1. The van der Waals surface area contributed by atoms with Crippen molar-refractivity contribution in [2.75, 3.05) is 20.6 Å². The molecule has 0 aliphatic rings. The van der Waals surface area contributed by atoms with Crippen LogP contribution in [0.4, 0.5) is 0 Å². The van der Waals surface area contributed by atoms with Gasteiger partial charge in [-0.25, -0.2) is 4.98 Å². The van der Waals surface area contributed by atoms with Gasteiger partial charge in [-0.3, -0.25) is 0 Å². The molecule has 0 atom stereocenters. The molecule has 1 heterocycles. The molecular formula is C16H23N3S. The van der Waals surface area contributed by atoms with E-state index in [2.05, 4.69) is 60.7 Å². The van der Waals surface area contributed by atoms with Crippen LogP contribution in [0.1, 0.15) is 18.9 Å². The fourth-order valence-corrected chi connectivity index (χ4v) is 2.54. The summed E-state index contributed by atoms with van der Waals surface area (Å²) in [7, 11) is 4.22. The zero-order chi connectivity index (χ0) is 14.6. The molecule has 20 heavy (non-hydrogen) atoms. The summed E-state index contributed by atoms with van der Waals surface area (Å²) >= 11 is 1.72. The molecule has 0 spiro atoms. The van der Waals surface area contributed by atoms with E-state index in [1.165, 1.54) is 5.56 Å². The maximum atomic E-state index is 4.69. The average Bonchev–Trinajstić information content (AvgIpc) is 2.88. The molecule has 0 aliphatic carbocycles. The number of thiazole rings is 1. The van der Waals surface area contributed by atoms with E-state index in [-0.39, 0.29) is 5.54 Å². The van der Waals surface area contributed by atoms with E-state index in [0.717, 1.165) is 23.8 Å². The Labute approximate surface area is 125 Å². The van der Waals surface area contributed by atoms with Gasteiger partial charge in [-0.1, -0.05) is 30.3 Å². The lowest BCUT2D eigenvalue weighted by atomic mass is 10.0. The molecule has 0 bridgehead atoms. The Hall–Kier alpha value is -1.23. The summed E-state index contributed by atoms with van der Waals surface area (Å²) in [6, 6.07) is 10.3. The van der Waals surface area contributed by atoms with Gasteiger partial charge in [0.15, 0.2) is 0 Å². The Bertz CT molecular complexity index is 532. The molecule has 0 amide bonds. The summed E-state index contributed by atoms with van der Waals surface area (Å²) in [5.74, 6) is 0. The maximum absolute atomic E-state index is 4.69. The third kappa shape index (κ3) is 3.88. The van der Waals surface area contributed by atoms with Crippen LogP contribution in [0.5, 0.6) is 0 Å². The first-order valence-electron chi connectivity index (χ1n) is 6.87. The van der Waals surface area contributed by atoms with Crippen LogP contribution < -0.4 is 5.32 Å². The molecule has 0 aliphatic heterocycles. The first-order chi connectivity index (χ1) is 9.49. The second kappa shape index (κ2) is 6.48. The largest absolute Gasteiger partial charge is 0.309 e. The van der Waals surface area contributed by atoms with Gasteiger partial charge in [0.2, 0.25) is 0 Å². The van der Waals surface area contributed by atoms with Gasteiger partial charge < -0.3 is 10.2 Å². The van der Waals surface area contributed by atoms with Crippen molar-refractivity contribution in [2.24, 2.45) is 0 Å². The van der Waals surface area contributed by atoms with Gasteiger partial charge in [0.25, 0.3) is 0 Å². The minimum Gasteiger partial charge on any atom is -0.309 e. The first kappa shape index (κ1) is 15.2. The molecule has 0 saturated heterocycles. The second-order valence-corrected chi connectivity index (χ2v) is 6.75. The molecule has 2 aromatic rings. The lowest BCUT2D eigenvalue weighted by molar-refractivity contribution is 0.190. The van der Waals surface area contributed by atoms with Gasteiger partial charge >= 0.3 is 0 Å². The van der Waals surface area contributed by atoms with E-state index in [4.69, 9.17) is 0 Å². The zero-order valence-electron chi connectivity index (χ0n) is 12.7. The second-order valence-electron chi connectivity index (χ2n) is 5.80. The average molecular weight is 289 g/mol.